The number of hydrogen-bond donors (Lipinski definition) is 1. The van der Waals surface area contributed by atoms with Gasteiger partial charge in [-0.15, -0.1) is 0 Å². The van der Waals surface area contributed by atoms with Crippen molar-refractivity contribution in [2.45, 2.75) is 64.3 Å². The predicted molar refractivity (Wildman–Crippen MR) is 148 cm³/mol. The fraction of sp³-hybridized carbons (Fsp3) is 0.484. The van der Waals surface area contributed by atoms with E-state index in [2.05, 4.69) is 39.9 Å². The van der Waals surface area contributed by atoms with Crippen molar-refractivity contribution in [1.82, 2.24) is 9.47 Å². The molecule has 0 unspecified atom stereocenters. The van der Waals surface area contributed by atoms with Crippen LogP contribution in [0.15, 0.2) is 54.7 Å². The number of aliphatic carboxylic acids is 1. The molecule has 1 N–H and O–H groups in total. The summed E-state index contributed by atoms with van der Waals surface area (Å²) >= 11 is 0. The van der Waals surface area contributed by atoms with Crippen molar-refractivity contribution in [2.24, 2.45) is 0 Å². The summed E-state index contributed by atoms with van der Waals surface area (Å²) in [5.74, 6) is -0.193. The molecule has 0 spiro atoms. The molecule has 37 heavy (non-hydrogen) atoms. The van der Waals surface area contributed by atoms with Crippen LogP contribution in [0, 0.1) is 0 Å². The molecule has 2 aromatic carbocycles. The number of likely N-dealkylation sites (tertiary alicyclic amines) is 1. The van der Waals surface area contributed by atoms with E-state index in [0.717, 1.165) is 58.7 Å². The first-order valence-electron chi connectivity index (χ1n) is 13.6. The number of carboxylic acids is 1. The van der Waals surface area contributed by atoms with E-state index < -0.39 is 11.4 Å². The minimum Gasteiger partial charge on any atom is -0.481 e. The Kier molecular flexibility index (Phi) is 8.83. The zero-order valence-corrected chi connectivity index (χ0v) is 22.4. The number of hydrogen-bond acceptors (Lipinski definition) is 4. The lowest BCUT2D eigenvalue weighted by atomic mass is 9.84. The molecular weight excluding hydrogens is 464 g/mol. The van der Waals surface area contributed by atoms with E-state index in [1.807, 2.05) is 6.92 Å². The van der Waals surface area contributed by atoms with Crippen LogP contribution < -0.4 is 0 Å². The third kappa shape index (κ3) is 6.31. The highest BCUT2D eigenvalue weighted by Crippen LogP contribution is 2.34. The van der Waals surface area contributed by atoms with Crippen LogP contribution in [0.3, 0.4) is 0 Å². The topological polar surface area (TPSA) is 71.8 Å². The van der Waals surface area contributed by atoms with Crippen LogP contribution in [0.4, 0.5) is 0 Å². The fourth-order valence-corrected chi connectivity index (χ4v) is 5.36. The van der Waals surface area contributed by atoms with Crippen molar-refractivity contribution in [3.8, 4) is 0 Å². The molecule has 0 radical (unpaired) electrons. The Morgan fingerprint density at radius 2 is 1.73 bits per heavy atom. The first-order valence-corrected chi connectivity index (χ1v) is 13.6. The molecule has 0 aliphatic carbocycles. The lowest BCUT2D eigenvalue weighted by Gasteiger charge is -2.32. The zero-order chi connectivity index (χ0) is 26.4. The predicted octanol–water partition coefficient (Wildman–Crippen LogP) is 5.88. The Morgan fingerprint density at radius 3 is 2.41 bits per heavy atom. The van der Waals surface area contributed by atoms with Gasteiger partial charge >= 0.3 is 5.97 Å². The Labute approximate surface area is 220 Å². The number of benzene rings is 2. The number of rotatable bonds is 12. The maximum atomic E-state index is 12.7. The molecule has 1 fully saturated rings. The first kappa shape index (κ1) is 27.1. The maximum Gasteiger partial charge on any atom is 0.313 e. The number of aromatic nitrogens is 1. The van der Waals surface area contributed by atoms with E-state index in [4.69, 9.17) is 4.74 Å². The molecule has 1 saturated heterocycles. The van der Waals surface area contributed by atoms with Gasteiger partial charge in [-0.05, 0) is 82.8 Å². The van der Waals surface area contributed by atoms with Crippen molar-refractivity contribution in [3.63, 3.8) is 0 Å². The van der Waals surface area contributed by atoms with Crippen LogP contribution in [-0.4, -0.2) is 59.2 Å². The number of fused-ring (bicyclic) bond motifs is 1. The number of para-hydroxylation sites is 1. The summed E-state index contributed by atoms with van der Waals surface area (Å²) in [5.41, 5.74) is 3.14. The van der Waals surface area contributed by atoms with Gasteiger partial charge in [-0.3, -0.25) is 9.59 Å². The molecule has 6 heteroatoms. The lowest BCUT2D eigenvalue weighted by molar-refractivity contribution is -0.142. The summed E-state index contributed by atoms with van der Waals surface area (Å²) in [6.45, 7) is 10.8. The third-order valence-electron chi connectivity index (χ3n) is 7.87. The van der Waals surface area contributed by atoms with Gasteiger partial charge in [0.1, 0.15) is 0 Å². The van der Waals surface area contributed by atoms with Crippen molar-refractivity contribution in [1.29, 1.82) is 0 Å². The molecule has 3 aromatic rings. The number of carbonyl (C=O) groups is 2. The number of ether oxygens (including phenoxy) is 1. The number of carboxylic acid groups (broad SMARTS) is 1. The van der Waals surface area contributed by atoms with Gasteiger partial charge in [-0.2, -0.15) is 0 Å². The number of nitrogens with zero attached hydrogens (tertiary/aromatic N) is 2. The van der Waals surface area contributed by atoms with E-state index in [0.29, 0.717) is 23.5 Å². The van der Waals surface area contributed by atoms with Gasteiger partial charge in [-0.25, -0.2) is 0 Å². The molecule has 1 aromatic heterocycles. The Morgan fingerprint density at radius 1 is 1.03 bits per heavy atom. The average Bonchev–Trinajstić information content (AvgIpc) is 3.28. The van der Waals surface area contributed by atoms with Gasteiger partial charge in [-0.1, -0.05) is 42.5 Å². The van der Waals surface area contributed by atoms with Crippen molar-refractivity contribution < 1.29 is 19.4 Å². The number of carbonyl (C=O) groups excluding carboxylic acids is 1. The highest BCUT2D eigenvalue weighted by atomic mass is 16.5. The third-order valence-corrected chi connectivity index (χ3v) is 7.87. The van der Waals surface area contributed by atoms with Crippen molar-refractivity contribution >= 4 is 22.7 Å². The quantitative estimate of drug-likeness (QED) is 0.246. The lowest BCUT2D eigenvalue weighted by Crippen LogP contribution is -2.33. The summed E-state index contributed by atoms with van der Waals surface area (Å²) in [6, 6.07) is 15.7. The Bertz CT molecular complexity index is 1200. The average molecular weight is 505 g/mol. The molecule has 198 valence electrons. The second-order valence-electron chi connectivity index (χ2n) is 10.6. The summed E-state index contributed by atoms with van der Waals surface area (Å²) in [6.07, 6.45) is 5.95. The highest BCUT2D eigenvalue weighted by Gasteiger charge is 2.29. The second-order valence-corrected chi connectivity index (χ2v) is 10.6. The summed E-state index contributed by atoms with van der Waals surface area (Å²) in [4.78, 5) is 26.6. The highest BCUT2D eigenvalue weighted by molar-refractivity contribution is 5.96. The van der Waals surface area contributed by atoms with E-state index >= 15 is 0 Å². The normalized spacial score (nSPS) is 15.3. The Balaban J connectivity index is 1.27. The molecule has 2 heterocycles. The minimum absolute atomic E-state index is 0.120. The van der Waals surface area contributed by atoms with Crippen LogP contribution >= 0.6 is 0 Å². The summed E-state index contributed by atoms with van der Waals surface area (Å²) in [7, 11) is 0. The van der Waals surface area contributed by atoms with Crippen LogP contribution in [0.25, 0.3) is 10.9 Å². The second kappa shape index (κ2) is 12.1. The molecule has 0 atom stereocenters. The molecule has 1 aliphatic heterocycles. The van der Waals surface area contributed by atoms with Gasteiger partial charge in [0.15, 0.2) is 5.78 Å². The summed E-state index contributed by atoms with van der Waals surface area (Å²) < 4.78 is 7.93. The fourth-order valence-electron chi connectivity index (χ4n) is 5.36. The van der Waals surface area contributed by atoms with Crippen LogP contribution in [0.5, 0.6) is 0 Å². The van der Waals surface area contributed by atoms with Crippen LogP contribution in [-0.2, 0) is 21.5 Å². The molecule has 1 aliphatic rings. The van der Waals surface area contributed by atoms with Gasteiger partial charge in [0.25, 0.3) is 0 Å². The van der Waals surface area contributed by atoms with E-state index in [-0.39, 0.29) is 5.78 Å². The molecule has 4 rings (SSSR count). The number of ketones is 1. The Hall–Kier alpha value is -2.96. The monoisotopic (exact) mass is 504 g/mol. The van der Waals surface area contributed by atoms with Crippen molar-refractivity contribution in [3.05, 3.63) is 71.4 Å². The molecule has 6 nitrogen and oxygen atoms in total. The largest absolute Gasteiger partial charge is 0.481 e. The van der Waals surface area contributed by atoms with Gasteiger partial charge < -0.3 is 19.3 Å². The van der Waals surface area contributed by atoms with Gasteiger partial charge in [0, 0.05) is 42.2 Å². The molecule has 0 bridgehead atoms. The van der Waals surface area contributed by atoms with E-state index in [9.17, 15) is 14.7 Å². The molecular formula is C31H40N2O4. The van der Waals surface area contributed by atoms with E-state index in [1.165, 1.54) is 16.5 Å². The van der Waals surface area contributed by atoms with Crippen LogP contribution in [0.1, 0.15) is 73.9 Å². The van der Waals surface area contributed by atoms with Crippen LogP contribution in [0.2, 0.25) is 0 Å². The summed E-state index contributed by atoms with van der Waals surface area (Å²) in [5, 5.41) is 10.8. The first-order chi connectivity index (χ1) is 17.8. The van der Waals surface area contributed by atoms with E-state index in [1.54, 1.807) is 38.1 Å². The van der Waals surface area contributed by atoms with Gasteiger partial charge in [0.05, 0.1) is 12.0 Å². The SMILES string of the molecule is CCOCCn1cc(C2CCN(CCCC(=O)c3ccc(C(C)(C)C(=O)O)cc3)CC2)c2ccccc21. The molecule has 0 amide bonds. The zero-order valence-electron chi connectivity index (χ0n) is 22.4. The van der Waals surface area contributed by atoms with Crippen molar-refractivity contribution in [2.75, 3.05) is 32.8 Å². The smallest absolute Gasteiger partial charge is 0.313 e. The maximum absolute atomic E-state index is 12.7. The molecule has 0 saturated carbocycles. The number of Topliss-reactive ketones (excluding diaryl/α,β-unsaturated/α-hetero) is 1. The standard InChI is InChI=1S/C31H40N2O4/c1-4-37-21-20-33-22-27(26-8-5-6-9-28(26)33)23-15-18-32(19-16-23)17-7-10-29(34)24-11-13-25(14-12-24)31(2,3)30(35)36/h5-6,8-9,11-14,22-23H,4,7,10,15-21H2,1-3H3,(H,35,36). The minimum atomic E-state index is -0.966. The number of piperidine rings is 1. The van der Waals surface area contributed by atoms with Gasteiger partial charge in [0.2, 0.25) is 0 Å².